The molecule has 0 radical (unpaired) electrons. The number of benzene rings is 2. The number of aromatic nitrogens is 1. The molecule has 2 nitrogen and oxygen atoms in total. The van der Waals surface area contributed by atoms with Crippen LogP contribution in [0, 0.1) is 0 Å². The summed E-state index contributed by atoms with van der Waals surface area (Å²) in [4.78, 5) is 0. The second-order valence-electron chi connectivity index (χ2n) is 13.5. The molecule has 190 valence electrons. The normalized spacial score (nSPS) is 19.6. The fourth-order valence-corrected chi connectivity index (χ4v) is 11.3. The van der Waals surface area contributed by atoms with Gasteiger partial charge >= 0.3 is 0 Å². The largest absolute Gasteiger partial charge is 0.299 e. The summed E-state index contributed by atoms with van der Waals surface area (Å²) in [6.45, 7) is 13.8. The van der Waals surface area contributed by atoms with Gasteiger partial charge in [-0.3, -0.25) is 8.90 Å². The molecule has 2 aliphatic carbocycles. The van der Waals surface area contributed by atoms with E-state index in [-0.39, 0.29) is 10.8 Å². The molecule has 0 aliphatic heterocycles. The highest BCUT2D eigenvalue weighted by Gasteiger charge is 2.44. The van der Waals surface area contributed by atoms with E-state index in [4.69, 9.17) is 0 Å². The van der Waals surface area contributed by atoms with Crippen LogP contribution in [0.2, 0.25) is 0 Å². The zero-order chi connectivity index (χ0) is 25.0. The predicted molar refractivity (Wildman–Crippen MR) is 154 cm³/mol. The maximum absolute atomic E-state index is 15.7. The van der Waals surface area contributed by atoms with Gasteiger partial charge in [-0.15, -0.1) is 0 Å². The van der Waals surface area contributed by atoms with Crippen LogP contribution in [-0.2, 0) is 15.4 Å². The molecule has 3 aromatic rings. The molecule has 0 N–H and O–H groups in total. The minimum Gasteiger partial charge on any atom is -0.299 e. The van der Waals surface area contributed by atoms with E-state index in [1.54, 1.807) is 0 Å². The van der Waals surface area contributed by atoms with E-state index >= 15 is 4.57 Å². The Labute approximate surface area is 213 Å². The van der Waals surface area contributed by atoms with Gasteiger partial charge in [-0.25, -0.2) is 0 Å². The Morgan fingerprint density at radius 1 is 0.629 bits per heavy atom. The van der Waals surface area contributed by atoms with Gasteiger partial charge in [0.25, 0.3) is 0 Å². The van der Waals surface area contributed by atoms with Crippen molar-refractivity contribution in [3.63, 3.8) is 0 Å². The number of fused-ring (bicyclic) bond motifs is 3. The van der Waals surface area contributed by atoms with E-state index in [1.165, 1.54) is 71.5 Å². The van der Waals surface area contributed by atoms with Crippen molar-refractivity contribution in [3.05, 3.63) is 47.5 Å². The van der Waals surface area contributed by atoms with Crippen LogP contribution >= 0.6 is 7.29 Å². The topological polar surface area (TPSA) is 22.0 Å². The summed E-state index contributed by atoms with van der Waals surface area (Å²) < 4.78 is 18.2. The molecule has 0 bridgehead atoms. The first-order valence-electron chi connectivity index (χ1n) is 14.2. The fourth-order valence-electron chi connectivity index (χ4n) is 6.80. The van der Waals surface area contributed by atoms with Crippen LogP contribution in [0.25, 0.3) is 21.8 Å². The number of nitrogens with zero attached hydrogens (tertiary/aromatic N) is 1. The summed E-state index contributed by atoms with van der Waals surface area (Å²) >= 11 is 0. The van der Waals surface area contributed by atoms with Crippen LogP contribution in [-0.4, -0.2) is 15.7 Å². The summed E-state index contributed by atoms with van der Waals surface area (Å²) in [5.74, 6) is 0. The van der Waals surface area contributed by atoms with Crippen LogP contribution in [0.4, 0.5) is 0 Å². The van der Waals surface area contributed by atoms with E-state index < -0.39 is 7.29 Å². The third-order valence-electron chi connectivity index (χ3n) is 8.98. The van der Waals surface area contributed by atoms with Crippen LogP contribution in [0.1, 0.15) is 117 Å². The Kier molecular flexibility index (Phi) is 6.53. The van der Waals surface area contributed by atoms with Crippen LogP contribution in [0.15, 0.2) is 36.4 Å². The second-order valence-corrected chi connectivity index (χ2v) is 16.7. The molecule has 1 heterocycles. The highest BCUT2D eigenvalue weighted by Crippen LogP contribution is 2.66. The summed E-state index contributed by atoms with van der Waals surface area (Å²) in [6, 6.07) is 14.0. The molecular formula is C32H46NOP. The third kappa shape index (κ3) is 4.43. The summed E-state index contributed by atoms with van der Waals surface area (Å²) in [5, 5.41) is 2.59. The van der Waals surface area contributed by atoms with Crippen LogP contribution in [0.5, 0.6) is 0 Å². The van der Waals surface area contributed by atoms with E-state index in [9.17, 15) is 0 Å². The third-order valence-corrected chi connectivity index (χ3v) is 13.2. The Hall–Kier alpha value is -1.53. The molecule has 2 aliphatic rings. The van der Waals surface area contributed by atoms with Crippen molar-refractivity contribution in [2.24, 2.45) is 0 Å². The van der Waals surface area contributed by atoms with Crippen molar-refractivity contribution >= 4 is 29.1 Å². The Morgan fingerprint density at radius 3 is 1.34 bits per heavy atom. The van der Waals surface area contributed by atoms with Gasteiger partial charge in [-0.1, -0.05) is 92.2 Å². The first-order chi connectivity index (χ1) is 16.5. The minimum absolute atomic E-state index is 0.0840. The van der Waals surface area contributed by atoms with Crippen LogP contribution < -0.4 is 0 Å². The van der Waals surface area contributed by atoms with Gasteiger partial charge in [0, 0.05) is 22.1 Å². The van der Waals surface area contributed by atoms with Crippen molar-refractivity contribution in [2.75, 3.05) is 0 Å². The molecular weight excluding hydrogens is 445 g/mol. The monoisotopic (exact) mass is 491 g/mol. The van der Waals surface area contributed by atoms with Gasteiger partial charge in [0.15, 0.2) is 7.29 Å². The number of rotatable bonds is 3. The Bertz CT molecular complexity index is 1160. The molecule has 0 spiro atoms. The lowest BCUT2D eigenvalue weighted by Gasteiger charge is -2.39. The molecule has 0 amide bonds. The highest BCUT2D eigenvalue weighted by atomic mass is 31.2. The van der Waals surface area contributed by atoms with Gasteiger partial charge in [0.1, 0.15) is 0 Å². The highest BCUT2D eigenvalue weighted by molar-refractivity contribution is 7.64. The molecule has 3 heteroatoms. The van der Waals surface area contributed by atoms with Gasteiger partial charge in [0.05, 0.1) is 11.0 Å². The van der Waals surface area contributed by atoms with E-state index in [1.807, 2.05) is 0 Å². The number of hydrogen-bond acceptors (Lipinski definition) is 1. The van der Waals surface area contributed by atoms with Crippen molar-refractivity contribution in [1.82, 2.24) is 4.34 Å². The molecule has 0 saturated heterocycles. The zero-order valence-electron chi connectivity index (χ0n) is 23.0. The van der Waals surface area contributed by atoms with E-state index in [0.717, 1.165) is 25.7 Å². The lowest BCUT2D eigenvalue weighted by Crippen LogP contribution is -2.27. The average molecular weight is 492 g/mol. The molecule has 2 aromatic carbocycles. The van der Waals surface area contributed by atoms with Crippen LogP contribution in [0.3, 0.4) is 0 Å². The Morgan fingerprint density at radius 2 is 1.00 bits per heavy atom. The molecule has 2 fully saturated rings. The van der Waals surface area contributed by atoms with Gasteiger partial charge in [0.2, 0.25) is 0 Å². The fraction of sp³-hybridized carbons (Fsp3) is 0.625. The molecule has 1 aromatic heterocycles. The summed E-state index contributed by atoms with van der Waals surface area (Å²) in [6.07, 6.45) is 12.1. The maximum atomic E-state index is 15.7. The quantitative estimate of drug-likeness (QED) is 0.334. The second kappa shape index (κ2) is 9.09. The molecule has 0 unspecified atom stereocenters. The molecule has 2 saturated carbocycles. The summed E-state index contributed by atoms with van der Waals surface area (Å²) in [7, 11) is -2.66. The van der Waals surface area contributed by atoms with Crippen molar-refractivity contribution in [1.29, 1.82) is 0 Å². The summed E-state index contributed by atoms with van der Waals surface area (Å²) in [5.41, 5.74) is 5.97. The van der Waals surface area contributed by atoms with Gasteiger partial charge < -0.3 is 0 Å². The zero-order valence-corrected chi connectivity index (χ0v) is 23.9. The van der Waals surface area contributed by atoms with Crippen molar-refractivity contribution < 1.29 is 4.57 Å². The first kappa shape index (κ1) is 25.1. The lowest BCUT2D eigenvalue weighted by molar-refractivity contribution is 0.443. The van der Waals surface area contributed by atoms with Gasteiger partial charge in [-0.2, -0.15) is 0 Å². The number of hydrogen-bond donors (Lipinski definition) is 0. The lowest BCUT2D eigenvalue weighted by atomic mass is 9.85. The molecule has 5 rings (SSSR count). The van der Waals surface area contributed by atoms with E-state index in [0.29, 0.717) is 11.3 Å². The van der Waals surface area contributed by atoms with Gasteiger partial charge in [-0.05, 0) is 71.9 Å². The molecule has 0 atom stereocenters. The van der Waals surface area contributed by atoms with Crippen molar-refractivity contribution in [2.45, 2.75) is 128 Å². The van der Waals surface area contributed by atoms with E-state index in [2.05, 4.69) is 82.3 Å². The van der Waals surface area contributed by atoms with Crippen molar-refractivity contribution in [3.8, 4) is 0 Å². The average Bonchev–Trinajstić information content (AvgIpc) is 3.17. The maximum Gasteiger partial charge on any atom is 0.182 e. The minimum atomic E-state index is -2.66. The standard InChI is InChI=1S/C32H46NOP/c1-31(2,3)23-17-19-29-27(21-23)28-22-24(32(4,5)6)18-20-30(28)33(29)35(34,25-13-9-7-10-14-25)26-15-11-8-12-16-26/h17-22,25-26H,7-16H2,1-6H3. The first-order valence-corrected chi connectivity index (χ1v) is 16.0. The predicted octanol–water partition coefficient (Wildman–Crippen LogP) is 10.2. The SMILES string of the molecule is CC(C)(C)c1ccc2c(c1)c1cc(C(C)(C)C)ccc1n2P(=O)(C1CCCCC1)C1CCCCC1. The smallest absolute Gasteiger partial charge is 0.182 e. The Balaban J connectivity index is 1.84. The molecule has 35 heavy (non-hydrogen) atoms.